The van der Waals surface area contributed by atoms with Gasteiger partial charge in [0.1, 0.15) is 10.8 Å². The van der Waals surface area contributed by atoms with Gasteiger partial charge in [-0.1, -0.05) is 32.9 Å². The van der Waals surface area contributed by atoms with Crippen LogP contribution in [0.15, 0.2) is 24.3 Å². The van der Waals surface area contributed by atoms with E-state index in [1.807, 2.05) is 18.7 Å². The summed E-state index contributed by atoms with van der Waals surface area (Å²) in [5.74, 6) is -0.678. The van der Waals surface area contributed by atoms with Crippen LogP contribution in [0.1, 0.15) is 72.2 Å². The lowest BCUT2D eigenvalue weighted by atomic mass is 9.72. The Kier molecular flexibility index (Phi) is 6.65. The number of hydrogen-bond donors (Lipinski definition) is 1. The second kappa shape index (κ2) is 9.18. The first-order valence-electron chi connectivity index (χ1n) is 11.7. The fourth-order valence-electron chi connectivity index (χ4n) is 4.96. The van der Waals surface area contributed by atoms with Crippen LogP contribution in [-0.2, 0) is 17.6 Å². The fraction of sp³-hybridized carbons (Fsp3) is 0.538. The molecule has 0 radical (unpaired) electrons. The Morgan fingerprint density at radius 2 is 1.82 bits per heavy atom. The van der Waals surface area contributed by atoms with E-state index in [2.05, 4.69) is 26.1 Å². The number of benzene rings is 1. The van der Waals surface area contributed by atoms with E-state index in [-0.39, 0.29) is 29.1 Å². The molecule has 5 nitrogen and oxygen atoms in total. The van der Waals surface area contributed by atoms with Gasteiger partial charge in [-0.15, -0.1) is 11.3 Å². The van der Waals surface area contributed by atoms with Crippen molar-refractivity contribution >= 4 is 28.2 Å². The zero-order valence-corrected chi connectivity index (χ0v) is 20.9. The molecular weight excluding hydrogens is 439 g/mol. The van der Waals surface area contributed by atoms with Gasteiger partial charge in [0.25, 0.3) is 11.8 Å². The minimum Gasteiger partial charge on any atom is -0.372 e. The molecule has 2 aliphatic rings. The molecule has 4 rings (SSSR count). The number of amides is 2. The van der Waals surface area contributed by atoms with Gasteiger partial charge in [-0.05, 0) is 62.1 Å². The summed E-state index contributed by atoms with van der Waals surface area (Å²) in [5, 5.41) is 3.41. The maximum atomic E-state index is 14.2. The SMILES string of the molecule is C[C@@H]1CN(C(=O)c2c(NC(=O)c3ccccc3F)sc3c2CC[C@H](C(C)(C)C)C3)C[C@@H](C)O1. The Morgan fingerprint density at radius 3 is 2.45 bits per heavy atom. The smallest absolute Gasteiger partial charge is 0.259 e. The third-order valence-electron chi connectivity index (χ3n) is 6.76. The van der Waals surface area contributed by atoms with Crippen molar-refractivity contribution in [3.05, 3.63) is 51.7 Å². The van der Waals surface area contributed by atoms with E-state index in [1.165, 1.54) is 23.5 Å². The van der Waals surface area contributed by atoms with E-state index in [1.54, 1.807) is 12.1 Å². The van der Waals surface area contributed by atoms with Gasteiger partial charge in [-0.3, -0.25) is 9.59 Å². The van der Waals surface area contributed by atoms with Gasteiger partial charge in [-0.2, -0.15) is 0 Å². The van der Waals surface area contributed by atoms with Crippen LogP contribution < -0.4 is 5.32 Å². The molecule has 1 aliphatic carbocycles. The Morgan fingerprint density at radius 1 is 1.15 bits per heavy atom. The molecule has 1 aromatic heterocycles. The number of nitrogens with zero attached hydrogens (tertiary/aromatic N) is 1. The molecule has 0 spiro atoms. The van der Waals surface area contributed by atoms with Crippen LogP contribution in [0, 0.1) is 17.2 Å². The van der Waals surface area contributed by atoms with Crippen LogP contribution in [0.2, 0.25) is 0 Å². The summed E-state index contributed by atoms with van der Waals surface area (Å²) < 4.78 is 20.1. The summed E-state index contributed by atoms with van der Waals surface area (Å²) in [5.41, 5.74) is 1.76. The highest BCUT2D eigenvalue weighted by Gasteiger charge is 2.36. The number of fused-ring (bicyclic) bond motifs is 1. The minimum absolute atomic E-state index is 0.0246. The molecular formula is C26H33FN2O3S. The molecule has 178 valence electrons. The maximum Gasteiger partial charge on any atom is 0.259 e. The monoisotopic (exact) mass is 472 g/mol. The van der Waals surface area contributed by atoms with Gasteiger partial charge >= 0.3 is 0 Å². The van der Waals surface area contributed by atoms with E-state index in [4.69, 9.17) is 4.74 Å². The lowest BCUT2D eigenvalue weighted by Crippen LogP contribution is -2.48. The van der Waals surface area contributed by atoms with E-state index in [9.17, 15) is 14.0 Å². The zero-order valence-electron chi connectivity index (χ0n) is 20.0. The molecule has 0 saturated carbocycles. The molecule has 1 N–H and O–H groups in total. The first-order valence-corrected chi connectivity index (χ1v) is 12.5. The Hall–Kier alpha value is -2.25. The van der Waals surface area contributed by atoms with Crippen LogP contribution in [0.3, 0.4) is 0 Å². The van der Waals surface area contributed by atoms with Gasteiger partial charge in [0.2, 0.25) is 0 Å². The van der Waals surface area contributed by atoms with Crippen molar-refractivity contribution in [1.82, 2.24) is 4.90 Å². The average molecular weight is 473 g/mol. The molecule has 2 heterocycles. The second-order valence-corrected chi connectivity index (χ2v) is 11.5. The third-order valence-corrected chi connectivity index (χ3v) is 7.93. The van der Waals surface area contributed by atoms with E-state index in [0.717, 1.165) is 29.7 Å². The maximum absolute atomic E-state index is 14.2. The van der Waals surface area contributed by atoms with Crippen molar-refractivity contribution in [3.8, 4) is 0 Å². The van der Waals surface area contributed by atoms with Crippen molar-refractivity contribution in [2.24, 2.45) is 11.3 Å². The number of halogens is 1. The van der Waals surface area contributed by atoms with Gasteiger partial charge in [0.15, 0.2) is 0 Å². The summed E-state index contributed by atoms with van der Waals surface area (Å²) >= 11 is 1.47. The predicted octanol–water partition coefficient (Wildman–Crippen LogP) is 5.54. The van der Waals surface area contributed by atoms with Crippen LogP contribution in [-0.4, -0.2) is 42.0 Å². The number of ether oxygens (including phenoxy) is 1. The number of carbonyl (C=O) groups is 2. The second-order valence-electron chi connectivity index (χ2n) is 10.4. The number of morpholine rings is 1. The van der Waals surface area contributed by atoms with Crippen LogP contribution in [0.5, 0.6) is 0 Å². The van der Waals surface area contributed by atoms with Crippen molar-refractivity contribution in [2.75, 3.05) is 18.4 Å². The molecule has 1 aliphatic heterocycles. The number of nitrogens with one attached hydrogen (secondary N) is 1. The normalized spacial score (nSPS) is 23.2. The van der Waals surface area contributed by atoms with Crippen molar-refractivity contribution in [3.63, 3.8) is 0 Å². The highest BCUT2D eigenvalue weighted by molar-refractivity contribution is 7.17. The predicted molar refractivity (Wildman–Crippen MR) is 130 cm³/mol. The van der Waals surface area contributed by atoms with Crippen molar-refractivity contribution in [1.29, 1.82) is 0 Å². The largest absolute Gasteiger partial charge is 0.372 e. The topological polar surface area (TPSA) is 58.6 Å². The number of anilines is 1. The summed E-state index contributed by atoms with van der Waals surface area (Å²) in [6, 6.07) is 5.91. The standard InChI is InChI=1S/C26H33FN2O3S/c1-15-13-29(14-16(2)32-15)25(31)22-19-11-10-17(26(3,4)5)12-21(19)33-24(22)28-23(30)18-8-6-7-9-20(18)27/h6-9,15-17H,10-14H2,1-5H3,(H,28,30)/t15-,16-,17+/m1/s1. The lowest BCUT2D eigenvalue weighted by molar-refractivity contribution is -0.0586. The van der Waals surface area contributed by atoms with Crippen molar-refractivity contribution in [2.45, 2.75) is 66.1 Å². The average Bonchev–Trinajstić information content (AvgIpc) is 3.09. The van der Waals surface area contributed by atoms with Crippen LogP contribution >= 0.6 is 11.3 Å². The quantitative estimate of drug-likeness (QED) is 0.638. The molecule has 1 aromatic carbocycles. The van der Waals surface area contributed by atoms with Crippen molar-refractivity contribution < 1.29 is 18.7 Å². The molecule has 2 amide bonds. The molecule has 0 bridgehead atoms. The number of rotatable bonds is 3. The van der Waals surface area contributed by atoms with E-state index < -0.39 is 11.7 Å². The molecule has 1 fully saturated rings. The van der Waals surface area contributed by atoms with Crippen LogP contribution in [0.25, 0.3) is 0 Å². The summed E-state index contributed by atoms with van der Waals surface area (Å²) in [6.45, 7) is 11.7. The summed E-state index contributed by atoms with van der Waals surface area (Å²) in [6.07, 6.45) is 2.60. The molecule has 3 atom stereocenters. The first-order chi connectivity index (χ1) is 15.5. The molecule has 1 saturated heterocycles. The highest BCUT2D eigenvalue weighted by atomic mass is 32.1. The summed E-state index contributed by atoms with van der Waals surface area (Å²) in [4.78, 5) is 29.7. The Balaban J connectivity index is 1.71. The molecule has 33 heavy (non-hydrogen) atoms. The molecule has 0 unspecified atom stereocenters. The Bertz CT molecular complexity index is 1050. The molecule has 7 heteroatoms. The van der Waals surface area contributed by atoms with Gasteiger partial charge in [0.05, 0.1) is 23.3 Å². The minimum atomic E-state index is -0.576. The van der Waals surface area contributed by atoms with E-state index >= 15 is 0 Å². The highest BCUT2D eigenvalue weighted by Crippen LogP contribution is 2.45. The number of hydrogen-bond acceptors (Lipinski definition) is 4. The summed E-state index contributed by atoms with van der Waals surface area (Å²) in [7, 11) is 0. The fourth-order valence-corrected chi connectivity index (χ4v) is 6.27. The number of carbonyl (C=O) groups excluding carboxylic acids is 2. The molecule has 2 aromatic rings. The first kappa shape index (κ1) is 23.9. The van der Waals surface area contributed by atoms with E-state index in [0.29, 0.717) is 29.6 Å². The van der Waals surface area contributed by atoms with Crippen LogP contribution in [0.4, 0.5) is 9.39 Å². The Labute approximate surface area is 199 Å². The van der Waals surface area contributed by atoms with Gasteiger partial charge in [0, 0.05) is 18.0 Å². The third kappa shape index (κ3) is 4.99. The zero-order chi connectivity index (χ0) is 23.9. The number of thiophene rings is 1. The lowest BCUT2D eigenvalue weighted by Gasteiger charge is -2.36. The van der Waals surface area contributed by atoms with Gasteiger partial charge in [-0.25, -0.2) is 4.39 Å². The van der Waals surface area contributed by atoms with Gasteiger partial charge < -0.3 is 15.0 Å².